The number of nitriles is 1. The number of aryl methyl sites for hydroxylation is 1. The average molecular weight is 280 g/mol. The van der Waals surface area contributed by atoms with E-state index in [1.807, 2.05) is 19.1 Å². The number of amides is 1. The molecule has 0 bridgehead atoms. The van der Waals surface area contributed by atoms with Crippen molar-refractivity contribution in [2.45, 2.75) is 6.92 Å². The van der Waals surface area contributed by atoms with Crippen molar-refractivity contribution < 1.29 is 9.18 Å². The standard InChI is InChI=1S/C17H13FN2O/c1-12-6-8-15(9-7-12)20-17(21)14(11-19)10-13-4-2-3-5-16(13)18/h2-10H,1H3,(H,20,21)/b14-10+. The highest BCUT2D eigenvalue weighted by atomic mass is 19.1. The fraction of sp³-hybridized carbons (Fsp3) is 0.0588. The first-order valence-electron chi connectivity index (χ1n) is 6.34. The van der Waals surface area contributed by atoms with Crippen LogP contribution in [0, 0.1) is 24.1 Å². The van der Waals surface area contributed by atoms with Crippen LogP contribution in [0.15, 0.2) is 54.1 Å². The van der Waals surface area contributed by atoms with Gasteiger partial charge >= 0.3 is 0 Å². The minimum Gasteiger partial charge on any atom is -0.321 e. The van der Waals surface area contributed by atoms with E-state index in [0.717, 1.165) is 5.56 Å². The molecule has 2 aromatic carbocycles. The third kappa shape index (κ3) is 3.77. The molecule has 104 valence electrons. The second-order valence-electron chi connectivity index (χ2n) is 4.51. The molecule has 0 saturated heterocycles. The third-order valence-corrected chi connectivity index (χ3v) is 2.88. The van der Waals surface area contributed by atoms with E-state index in [1.165, 1.54) is 18.2 Å². The minimum absolute atomic E-state index is 0.152. The Labute approximate surface area is 122 Å². The van der Waals surface area contributed by atoms with Gasteiger partial charge in [0.1, 0.15) is 17.5 Å². The molecule has 3 nitrogen and oxygen atoms in total. The number of carbonyl (C=O) groups is 1. The van der Waals surface area contributed by atoms with Crippen molar-refractivity contribution in [3.63, 3.8) is 0 Å². The second-order valence-corrected chi connectivity index (χ2v) is 4.51. The minimum atomic E-state index is -0.565. The summed E-state index contributed by atoms with van der Waals surface area (Å²) in [4.78, 5) is 12.0. The van der Waals surface area contributed by atoms with E-state index in [1.54, 1.807) is 30.3 Å². The first-order chi connectivity index (χ1) is 10.1. The number of hydrogen-bond acceptors (Lipinski definition) is 2. The fourth-order valence-electron chi connectivity index (χ4n) is 1.73. The molecule has 0 fully saturated rings. The Morgan fingerprint density at radius 3 is 2.48 bits per heavy atom. The Morgan fingerprint density at radius 2 is 1.86 bits per heavy atom. The molecule has 0 radical (unpaired) electrons. The van der Waals surface area contributed by atoms with E-state index >= 15 is 0 Å². The molecule has 2 rings (SSSR count). The first kappa shape index (κ1) is 14.5. The van der Waals surface area contributed by atoms with Crippen LogP contribution in [0.25, 0.3) is 6.08 Å². The van der Waals surface area contributed by atoms with Crippen LogP contribution in [-0.4, -0.2) is 5.91 Å². The van der Waals surface area contributed by atoms with E-state index in [2.05, 4.69) is 5.32 Å². The van der Waals surface area contributed by atoms with Gasteiger partial charge in [-0.3, -0.25) is 4.79 Å². The lowest BCUT2D eigenvalue weighted by molar-refractivity contribution is -0.112. The monoisotopic (exact) mass is 280 g/mol. The number of benzene rings is 2. The summed E-state index contributed by atoms with van der Waals surface area (Å²) in [6.45, 7) is 1.93. The Kier molecular flexibility index (Phi) is 4.47. The van der Waals surface area contributed by atoms with Crippen LogP contribution < -0.4 is 5.32 Å². The van der Waals surface area contributed by atoms with Crippen molar-refractivity contribution in [1.29, 1.82) is 5.26 Å². The molecule has 0 aromatic heterocycles. The molecule has 0 heterocycles. The molecule has 0 aliphatic carbocycles. The molecule has 0 unspecified atom stereocenters. The van der Waals surface area contributed by atoms with Crippen molar-refractivity contribution in [2.75, 3.05) is 5.32 Å². The first-order valence-corrected chi connectivity index (χ1v) is 6.34. The fourth-order valence-corrected chi connectivity index (χ4v) is 1.73. The Hall–Kier alpha value is -2.93. The summed E-state index contributed by atoms with van der Waals surface area (Å²) in [6, 6.07) is 14.9. The van der Waals surface area contributed by atoms with E-state index in [4.69, 9.17) is 5.26 Å². The molecule has 0 atom stereocenters. The maximum Gasteiger partial charge on any atom is 0.266 e. The van der Waals surface area contributed by atoms with Gasteiger partial charge in [-0.05, 0) is 31.2 Å². The third-order valence-electron chi connectivity index (χ3n) is 2.88. The molecular weight excluding hydrogens is 267 g/mol. The molecule has 0 aliphatic heterocycles. The number of rotatable bonds is 3. The summed E-state index contributed by atoms with van der Waals surface area (Å²) in [7, 11) is 0. The largest absolute Gasteiger partial charge is 0.321 e. The van der Waals surface area contributed by atoms with Gasteiger partial charge in [0.25, 0.3) is 5.91 Å². The van der Waals surface area contributed by atoms with Crippen LogP contribution in [0.3, 0.4) is 0 Å². The summed E-state index contributed by atoms with van der Waals surface area (Å²) in [5.74, 6) is -1.04. The lowest BCUT2D eigenvalue weighted by Gasteiger charge is -2.05. The summed E-state index contributed by atoms with van der Waals surface area (Å²) in [6.07, 6.45) is 1.23. The van der Waals surface area contributed by atoms with Gasteiger partial charge in [-0.1, -0.05) is 35.9 Å². The van der Waals surface area contributed by atoms with E-state index in [-0.39, 0.29) is 11.1 Å². The van der Waals surface area contributed by atoms with Gasteiger partial charge in [0.15, 0.2) is 0 Å². The number of anilines is 1. The highest BCUT2D eigenvalue weighted by Crippen LogP contribution is 2.14. The van der Waals surface area contributed by atoms with Gasteiger partial charge in [0.05, 0.1) is 0 Å². The predicted molar refractivity (Wildman–Crippen MR) is 79.8 cm³/mol. The van der Waals surface area contributed by atoms with Crippen LogP contribution in [0.2, 0.25) is 0 Å². The average Bonchev–Trinajstić information content (AvgIpc) is 2.48. The van der Waals surface area contributed by atoms with Gasteiger partial charge in [-0.25, -0.2) is 4.39 Å². The van der Waals surface area contributed by atoms with Gasteiger partial charge < -0.3 is 5.32 Å². The van der Waals surface area contributed by atoms with Gasteiger partial charge in [0.2, 0.25) is 0 Å². The van der Waals surface area contributed by atoms with E-state index in [9.17, 15) is 9.18 Å². The zero-order valence-electron chi connectivity index (χ0n) is 11.4. The van der Waals surface area contributed by atoms with Crippen LogP contribution in [0.5, 0.6) is 0 Å². The van der Waals surface area contributed by atoms with Gasteiger partial charge in [-0.2, -0.15) is 5.26 Å². The number of nitrogens with one attached hydrogen (secondary N) is 1. The molecule has 0 saturated carbocycles. The van der Waals surface area contributed by atoms with Crippen molar-refractivity contribution in [2.24, 2.45) is 0 Å². The normalized spacial score (nSPS) is 10.8. The highest BCUT2D eigenvalue weighted by Gasteiger charge is 2.10. The maximum absolute atomic E-state index is 13.5. The van der Waals surface area contributed by atoms with E-state index < -0.39 is 11.7 Å². The zero-order chi connectivity index (χ0) is 15.2. The molecular formula is C17H13FN2O. The predicted octanol–water partition coefficient (Wildman–Crippen LogP) is 3.68. The molecule has 4 heteroatoms. The second kappa shape index (κ2) is 6.49. The molecule has 0 aliphatic rings. The van der Waals surface area contributed by atoms with Gasteiger partial charge in [-0.15, -0.1) is 0 Å². The molecule has 0 spiro atoms. The molecule has 21 heavy (non-hydrogen) atoms. The Balaban J connectivity index is 2.22. The Bertz CT molecular complexity index is 727. The number of carbonyl (C=O) groups excluding carboxylic acids is 1. The van der Waals surface area contributed by atoms with Crippen LogP contribution in [0.4, 0.5) is 10.1 Å². The summed E-state index contributed by atoms with van der Waals surface area (Å²) >= 11 is 0. The lowest BCUT2D eigenvalue weighted by atomic mass is 10.1. The topological polar surface area (TPSA) is 52.9 Å². The van der Waals surface area contributed by atoms with Crippen LogP contribution >= 0.6 is 0 Å². The highest BCUT2D eigenvalue weighted by molar-refractivity contribution is 6.09. The summed E-state index contributed by atoms with van der Waals surface area (Å²) in [5, 5.41) is 11.7. The van der Waals surface area contributed by atoms with Gasteiger partial charge in [0, 0.05) is 11.3 Å². The van der Waals surface area contributed by atoms with Crippen LogP contribution in [-0.2, 0) is 4.79 Å². The number of halogens is 1. The van der Waals surface area contributed by atoms with Crippen molar-refractivity contribution in [1.82, 2.24) is 0 Å². The van der Waals surface area contributed by atoms with E-state index in [0.29, 0.717) is 5.69 Å². The smallest absolute Gasteiger partial charge is 0.266 e. The van der Waals surface area contributed by atoms with Crippen LogP contribution in [0.1, 0.15) is 11.1 Å². The molecule has 1 N–H and O–H groups in total. The van der Waals surface area contributed by atoms with Crippen molar-refractivity contribution in [3.05, 3.63) is 71.0 Å². The van der Waals surface area contributed by atoms with Crippen molar-refractivity contribution in [3.8, 4) is 6.07 Å². The lowest BCUT2D eigenvalue weighted by Crippen LogP contribution is -2.13. The zero-order valence-corrected chi connectivity index (χ0v) is 11.4. The Morgan fingerprint density at radius 1 is 1.19 bits per heavy atom. The molecule has 2 aromatic rings. The summed E-state index contributed by atoms with van der Waals surface area (Å²) in [5.41, 5.74) is 1.70. The number of nitrogens with zero attached hydrogens (tertiary/aromatic N) is 1. The summed E-state index contributed by atoms with van der Waals surface area (Å²) < 4.78 is 13.5. The maximum atomic E-state index is 13.5. The van der Waals surface area contributed by atoms with Crippen molar-refractivity contribution >= 4 is 17.7 Å². The molecule has 1 amide bonds. The number of hydrogen-bond donors (Lipinski definition) is 1. The quantitative estimate of drug-likeness (QED) is 0.688. The SMILES string of the molecule is Cc1ccc(NC(=O)/C(C#N)=C/c2ccccc2F)cc1.